The van der Waals surface area contributed by atoms with E-state index in [1.54, 1.807) is 0 Å². The molecular formula is H4AlNO6. The Bertz CT molecular complexity index is 31.5. The Balaban J connectivity index is -0.00000000750. The van der Waals surface area contributed by atoms with Crippen LogP contribution in [0, 0.1) is 10.1 Å². The van der Waals surface area contributed by atoms with Crippen LogP contribution in [0.1, 0.15) is 0 Å². The third kappa shape index (κ3) is 795. The monoisotopic (exact) mass is 141 g/mol. The van der Waals surface area contributed by atoms with Gasteiger partial charge >= 0.3 is 17.4 Å². The number of nitrogens with zero attached hydrogens (tertiary/aromatic N) is 1. The third-order valence-electron chi connectivity index (χ3n) is 0. The van der Waals surface area contributed by atoms with Crippen LogP contribution < -0.4 is 0 Å². The van der Waals surface area contributed by atoms with Gasteiger partial charge in [-0.05, 0) is 0 Å². The first-order valence-corrected chi connectivity index (χ1v) is 0.565. The van der Waals surface area contributed by atoms with Crippen LogP contribution in [0.15, 0.2) is 0 Å². The summed E-state index contributed by atoms with van der Waals surface area (Å²) in [5.41, 5.74) is 0. The maximum atomic E-state index is 8.36. The molecule has 0 aliphatic carbocycles. The molecule has 0 bridgehead atoms. The molecule has 8 heavy (non-hydrogen) atoms. The quantitative estimate of drug-likeness (QED) is 0.252. The Kier molecular flexibility index (Phi) is 186. The molecule has 0 heterocycles. The van der Waals surface area contributed by atoms with Gasteiger partial charge in [0.15, 0.2) is 0 Å². The zero-order chi connectivity index (χ0) is 3.58. The number of hydrogen-bond acceptors (Lipinski definition) is 5. The first-order valence-electron chi connectivity index (χ1n) is 0.565. The Hall–Kier alpha value is -0.388. The number of rotatable bonds is 0. The smallest absolute Gasteiger partial charge is 0.870 e. The second-order valence-electron chi connectivity index (χ2n) is 0.238. The molecule has 0 unspecified atom stereocenters. The second kappa shape index (κ2) is 30.5. The summed E-state index contributed by atoms with van der Waals surface area (Å²) in [5.74, 6) is 0. The molecule has 0 aromatic rings. The molecule has 0 aromatic heterocycles. The van der Waals surface area contributed by atoms with E-state index >= 15 is 0 Å². The SMILES string of the molecule is O=[N+]([O-])O.[Al+3].[OH-].[OH-].[OH-]. The van der Waals surface area contributed by atoms with Gasteiger partial charge in [-0.1, -0.05) is 0 Å². The van der Waals surface area contributed by atoms with Gasteiger partial charge in [0.2, 0.25) is 0 Å². The van der Waals surface area contributed by atoms with E-state index in [0.29, 0.717) is 0 Å². The fourth-order valence-electron chi connectivity index (χ4n) is 0. The summed E-state index contributed by atoms with van der Waals surface area (Å²) in [7, 11) is 0. The first-order chi connectivity index (χ1) is 1.73. The Labute approximate surface area is 55.1 Å². The molecule has 7 nitrogen and oxygen atoms in total. The average Bonchev–Trinajstić information content (AvgIpc) is 0.811. The molecule has 0 aliphatic heterocycles. The largest absolute Gasteiger partial charge is 3.00 e. The van der Waals surface area contributed by atoms with Crippen molar-refractivity contribution in [3.05, 3.63) is 10.1 Å². The number of hydrogen-bond donors (Lipinski definition) is 1. The minimum atomic E-state index is -1.50. The van der Waals surface area contributed by atoms with Crippen molar-refractivity contribution in [2.45, 2.75) is 0 Å². The predicted molar refractivity (Wildman–Crippen MR) is 20.3 cm³/mol. The summed E-state index contributed by atoms with van der Waals surface area (Å²) in [4.78, 5) is 8.36. The molecule has 0 amide bonds. The fourth-order valence-corrected chi connectivity index (χ4v) is 0. The molecule has 8 heteroatoms. The average molecular weight is 141 g/mol. The van der Waals surface area contributed by atoms with Crippen molar-refractivity contribution in [1.29, 1.82) is 0 Å². The maximum absolute atomic E-state index is 8.36. The molecule has 0 atom stereocenters. The van der Waals surface area contributed by atoms with Gasteiger partial charge < -0.3 is 21.6 Å². The van der Waals surface area contributed by atoms with Gasteiger partial charge in [-0.3, -0.25) is 0 Å². The van der Waals surface area contributed by atoms with Gasteiger partial charge in [0, 0.05) is 0 Å². The van der Waals surface area contributed by atoms with E-state index in [0.717, 1.165) is 0 Å². The van der Waals surface area contributed by atoms with Crippen LogP contribution in [-0.2, 0) is 0 Å². The zero-order valence-electron chi connectivity index (χ0n) is 3.63. The Morgan fingerprint density at radius 2 is 1.25 bits per heavy atom. The van der Waals surface area contributed by atoms with Crippen molar-refractivity contribution < 1.29 is 26.7 Å². The second-order valence-corrected chi connectivity index (χ2v) is 0.238. The van der Waals surface area contributed by atoms with Crippen molar-refractivity contribution in [3.8, 4) is 0 Å². The van der Waals surface area contributed by atoms with Crippen molar-refractivity contribution >= 4 is 17.4 Å². The molecule has 0 aliphatic rings. The van der Waals surface area contributed by atoms with Crippen LogP contribution in [0.5, 0.6) is 0 Å². The normalized spacial score (nSPS) is 3.00. The van der Waals surface area contributed by atoms with Gasteiger partial charge in [-0.2, -0.15) is 0 Å². The van der Waals surface area contributed by atoms with Crippen LogP contribution in [0.2, 0.25) is 0 Å². The molecule has 0 fully saturated rings. The van der Waals surface area contributed by atoms with Crippen molar-refractivity contribution in [1.82, 2.24) is 0 Å². The molecule has 0 aromatic carbocycles. The van der Waals surface area contributed by atoms with Gasteiger partial charge in [0.1, 0.15) is 0 Å². The summed E-state index contributed by atoms with van der Waals surface area (Å²) in [6, 6.07) is 0. The van der Waals surface area contributed by atoms with E-state index in [4.69, 9.17) is 15.3 Å². The molecule has 0 spiro atoms. The van der Waals surface area contributed by atoms with E-state index in [2.05, 4.69) is 0 Å². The standard InChI is InChI=1S/Al.HNO3.3H2O/c;2-1(3)4;;;/h;(H,2,3,4);3*1H2/q+3;;;;/p-3. The Morgan fingerprint density at radius 3 is 1.25 bits per heavy atom. The van der Waals surface area contributed by atoms with E-state index in [9.17, 15) is 0 Å². The van der Waals surface area contributed by atoms with Crippen LogP contribution in [-0.4, -0.2) is 44.1 Å². The zero-order valence-corrected chi connectivity index (χ0v) is 4.78. The Morgan fingerprint density at radius 1 is 1.25 bits per heavy atom. The minimum Gasteiger partial charge on any atom is -0.870 e. The van der Waals surface area contributed by atoms with Crippen molar-refractivity contribution in [2.24, 2.45) is 0 Å². The summed E-state index contributed by atoms with van der Waals surface area (Å²) < 4.78 is 0. The molecule has 0 saturated carbocycles. The third-order valence-corrected chi connectivity index (χ3v) is 0. The van der Waals surface area contributed by atoms with Gasteiger partial charge in [0.05, 0.1) is 0 Å². The van der Waals surface area contributed by atoms with E-state index in [1.165, 1.54) is 0 Å². The van der Waals surface area contributed by atoms with Crippen LogP contribution in [0.3, 0.4) is 0 Å². The van der Waals surface area contributed by atoms with E-state index < -0.39 is 5.09 Å². The van der Waals surface area contributed by atoms with Crippen LogP contribution in [0.4, 0.5) is 0 Å². The molecule has 4 N–H and O–H groups in total. The summed E-state index contributed by atoms with van der Waals surface area (Å²) in [6.45, 7) is 0. The topological polar surface area (TPSA) is 153 Å². The van der Waals surface area contributed by atoms with Crippen molar-refractivity contribution in [3.63, 3.8) is 0 Å². The summed E-state index contributed by atoms with van der Waals surface area (Å²) >= 11 is 0. The van der Waals surface area contributed by atoms with E-state index in [1.807, 2.05) is 0 Å². The molecule has 0 rings (SSSR count). The minimum absolute atomic E-state index is 0. The van der Waals surface area contributed by atoms with Gasteiger partial charge in [-0.15, -0.1) is 10.1 Å². The molecule has 48 valence electrons. The maximum Gasteiger partial charge on any atom is 3.00 e. The van der Waals surface area contributed by atoms with Gasteiger partial charge in [0.25, 0.3) is 5.09 Å². The molecule has 0 radical (unpaired) electrons. The van der Waals surface area contributed by atoms with Gasteiger partial charge in [-0.25, -0.2) is 0 Å². The van der Waals surface area contributed by atoms with E-state index in [-0.39, 0.29) is 33.8 Å². The summed E-state index contributed by atoms with van der Waals surface area (Å²) in [6.07, 6.45) is 0. The predicted octanol–water partition coefficient (Wildman–Crippen LogP) is -1.26. The molecule has 0 saturated heterocycles. The van der Waals surface area contributed by atoms with Crippen LogP contribution in [0.25, 0.3) is 0 Å². The first kappa shape index (κ1) is 48.8. The van der Waals surface area contributed by atoms with Crippen molar-refractivity contribution in [2.75, 3.05) is 0 Å². The van der Waals surface area contributed by atoms with Crippen LogP contribution >= 0.6 is 0 Å². The summed E-state index contributed by atoms with van der Waals surface area (Å²) in [5, 5.41) is 13.6. The fraction of sp³-hybridized carbons (Fsp3) is 0. The molecular weight excluding hydrogens is 137 g/mol.